The molecule has 2 aromatic rings. The second-order valence-corrected chi connectivity index (χ2v) is 6.64. The van der Waals surface area contributed by atoms with Crippen molar-refractivity contribution in [2.24, 2.45) is 5.92 Å². The Kier molecular flexibility index (Phi) is 4.13. The lowest BCUT2D eigenvalue weighted by Gasteiger charge is -2.26. The number of carbonyl (C=O) groups is 2. The van der Waals surface area contributed by atoms with Crippen LogP contribution in [0.4, 0.5) is 5.69 Å². The van der Waals surface area contributed by atoms with Gasteiger partial charge in [0.25, 0.3) is 0 Å². The molecule has 0 bridgehead atoms. The molecule has 2 atom stereocenters. The van der Waals surface area contributed by atoms with E-state index < -0.39 is 5.97 Å². The molecule has 0 radical (unpaired) electrons. The van der Waals surface area contributed by atoms with Gasteiger partial charge in [0.05, 0.1) is 6.10 Å². The number of rotatable bonds is 3. The number of carboxylic acids is 1. The van der Waals surface area contributed by atoms with Gasteiger partial charge in [0.1, 0.15) is 4.88 Å². The lowest BCUT2D eigenvalue weighted by atomic mass is 9.95. The lowest BCUT2D eigenvalue weighted by Crippen LogP contribution is -2.32. The van der Waals surface area contributed by atoms with Crippen molar-refractivity contribution in [3.8, 4) is 0 Å². The molecule has 1 amide bonds. The largest absolute Gasteiger partial charge is 0.477 e. The van der Waals surface area contributed by atoms with Crippen molar-refractivity contribution in [2.75, 3.05) is 11.9 Å². The van der Waals surface area contributed by atoms with Crippen LogP contribution in [0.3, 0.4) is 0 Å². The number of fused-ring (bicyclic) bond motifs is 1. The molecule has 0 saturated carbocycles. The predicted octanol–water partition coefficient (Wildman–Crippen LogP) is 3.35. The van der Waals surface area contributed by atoms with E-state index in [9.17, 15) is 9.59 Å². The third-order valence-corrected chi connectivity index (χ3v) is 4.95. The Morgan fingerprint density at radius 1 is 1.36 bits per heavy atom. The summed E-state index contributed by atoms with van der Waals surface area (Å²) in [6.07, 6.45) is 1.58. The van der Waals surface area contributed by atoms with Crippen molar-refractivity contribution in [1.29, 1.82) is 0 Å². The molecule has 0 aliphatic carbocycles. The zero-order chi connectivity index (χ0) is 15.7. The fraction of sp³-hybridized carbons (Fsp3) is 0.375. The fourth-order valence-corrected chi connectivity index (χ4v) is 3.59. The Bertz CT molecular complexity index is 724. The van der Waals surface area contributed by atoms with Crippen LogP contribution in [-0.4, -0.2) is 29.7 Å². The monoisotopic (exact) mass is 319 g/mol. The van der Waals surface area contributed by atoms with E-state index in [-0.39, 0.29) is 17.9 Å². The Balaban J connectivity index is 1.75. The van der Waals surface area contributed by atoms with Gasteiger partial charge in [-0.1, -0.05) is 0 Å². The highest BCUT2D eigenvalue weighted by molar-refractivity contribution is 7.20. The van der Waals surface area contributed by atoms with Crippen LogP contribution in [0.2, 0.25) is 0 Å². The molecule has 1 saturated heterocycles. The molecule has 2 heterocycles. The molecule has 6 heteroatoms. The number of nitrogens with one attached hydrogen (secondary N) is 1. The van der Waals surface area contributed by atoms with E-state index in [1.807, 2.05) is 25.1 Å². The normalized spacial score (nSPS) is 21.7. The summed E-state index contributed by atoms with van der Waals surface area (Å²) in [6, 6.07) is 7.10. The molecular formula is C16H17NO4S. The van der Waals surface area contributed by atoms with Gasteiger partial charge in [-0.25, -0.2) is 4.79 Å². The second kappa shape index (κ2) is 6.06. The molecule has 2 N–H and O–H groups in total. The third kappa shape index (κ3) is 3.13. The smallest absolute Gasteiger partial charge is 0.345 e. The van der Waals surface area contributed by atoms with Gasteiger partial charge < -0.3 is 15.2 Å². The number of ether oxygens (including phenoxy) is 1. The fourth-order valence-electron chi connectivity index (χ4n) is 2.71. The summed E-state index contributed by atoms with van der Waals surface area (Å²) in [5.74, 6) is -0.956. The number of amides is 1. The summed E-state index contributed by atoms with van der Waals surface area (Å²) in [7, 11) is 0. The van der Waals surface area contributed by atoms with E-state index in [0.717, 1.165) is 22.9 Å². The number of aromatic carboxylic acids is 1. The van der Waals surface area contributed by atoms with Gasteiger partial charge in [-0.15, -0.1) is 11.3 Å². The molecule has 1 aliphatic heterocycles. The molecule has 0 spiro atoms. The molecule has 116 valence electrons. The summed E-state index contributed by atoms with van der Waals surface area (Å²) in [6.45, 7) is 2.59. The number of carboxylic acid groups (broad SMARTS) is 1. The number of thiophene rings is 1. The van der Waals surface area contributed by atoms with Gasteiger partial charge in [0, 0.05) is 22.9 Å². The van der Waals surface area contributed by atoms with Crippen LogP contribution in [0.15, 0.2) is 24.3 Å². The summed E-state index contributed by atoms with van der Waals surface area (Å²) in [5.41, 5.74) is 0.700. The van der Waals surface area contributed by atoms with Crippen LogP contribution in [-0.2, 0) is 9.53 Å². The van der Waals surface area contributed by atoms with Crippen LogP contribution < -0.4 is 5.32 Å². The zero-order valence-electron chi connectivity index (χ0n) is 12.2. The average Bonchev–Trinajstić information content (AvgIpc) is 2.90. The zero-order valence-corrected chi connectivity index (χ0v) is 13.0. The number of carbonyl (C=O) groups excluding carboxylic acids is 1. The van der Waals surface area contributed by atoms with Crippen molar-refractivity contribution in [3.05, 3.63) is 29.1 Å². The summed E-state index contributed by atoms with van der Waals surface area (Å²) >= 11 is 1.23. The van der Waals surface area contributed by atoms with Crippen LogP contribution in [0.25, 0.3) is 10.1 Å². The maximum Gasteiger partial charge on any atom is 0.345 e. The highest BCUT2D eigenvalue weighted by atomic mass is 32.1. The Hall–Kier alpha value is -1.92. The summed E-state index contributed by atoms with van der Waals surface area (Å²) < 4.78 is 6.36. The van der Waals surface area contributed by atoms with E-state index >= 15 is 0 Å². The van der Waals surface area contributed by atoms with Gasteiger partial charge in [-0.2, -0.15) is 0 Å². The highest BCUT2D eigenvalue weighted by Crippen LogP contribution is 2.29. The third-order valence-electron chi connectivity index (χ3n) is 3.85. The maximum absolute atomic E-state index is 12.3. The topological polar surface area (TPSA) is 75.6 Å². The molecule has 1 fully saturated rings. The van der Waals surface area contributed by atoms with E-state index in [1.54, 1.807) is 6.07 Å². The van der Waals surface area contributed by atoms with Gasteiger partial charge in [0.2, 0.25) is 5.91 Å². The highest BCUT2D eigenvalue weighted by Gasteiger charge is 2.25. The van der Waals surface area contributed by atoms with E-state index in [1.165, 1.54) is 11.3 Å². The molecule has 3 rings (SSSR count). The molecule has 5 nitrogen and oxygen atoms in total. The quantitative estimate of drug-likeness (QED) is 0.909. The molecule has 1 aromatic heterocycles. The van der Waals surface area contributed by atoms with E-state index in [2.05, 4.69) is 5.32 Å². The van der Waals surface area contributed by atoms with Gasteiger partial charge in [-0.3, -0.25) is 4.79 Å². The van der Waals surface area contributed by atoms with Gasteiger partial charge in [0.15, 0.2) is 0 Å². The van der Waals surface area contributed by atoms with Crippen molar-refractivity contribution in [2.45, 2.75) is 25.9 Å². The first-order valence-corrected chi connectivity index (χ1v) is 8.04. The van der Waals surface area contributed by atoms with Crippen LogP contribution >= 0.6 is 11.3 Å². The second-order valence-electron chi connectivity index (χ2n) is 5.56. The van der Waals surface area contributed by atoms with E-state index in [4.69, 9.17) is 9.84 Å². The number of anilines is 1. The molecule has 0 unspecified atom stereocenters. The molecular weight excluding hydrogens is 302 g/mol. The molecule has 22 heavy (non-hydrogen) atoms. The maximum atomic E-state index is 12.3. The SMILES string of the molecule is C[C@H]1C[C@H](C(=O)Nc2ccc3sc(C(=O)O)cc3c2)CCO1. The Labute approximate surface area is 131 Å². The molecule has 1 aromatic carbocycles. The summed E-state index contributed by atoms with van der Waals surface area (Å²) in [5, 5.41) is 12.8. The molecule has 1 aliphatic rings. The Morgan fingerprint density at radius 2 is 2.18 bits per heavy atom. The first kappa shape index (κ1) is 15.0. The minimum Gasteiger partial charge on any atom is -0.477 e. The van der Waals surface area contributed by atoms with Crippen molar-refractivity contribution in [1.82, 2.24) is 0 Å². The van der Waals surface area contributed by atoms with Crippen molar-refractivity contribution in [3.63, 3.8) is 0 Å². The van der Waals surface area contributed by atoms with Crippen molar-refractivity contribution >= 4 is 39.0 Å². The predicted molar refractivity (Wildman–Crippen MR) is 85.6 cm³/mol. The standard InChI is InChI=1S/C16H17NO4S/c1-9-6-10(4-5-21-9)15(18)17-12-2-3-13-11(7-12)8-14(22-13)16(19)20/h2-3,7-10H,4-6H2,1H3,(H,17,18)(H,19,20)/t9-,10+/m0/s1. The average molecular weight is 319 g/mol. The van der Waals surface area contributed by atoms with Gasteiger partial charge in [-0.05, 0) is 49.4 Å². The first-order valence-electron chi connectivity index (χ1n) is 7.22. The number of hydrogen-bond acceptors (Lipinski definition) is 4. The van der Waals surface area contributed by atoms with E-state index in [0.29, 0.717) is 17.2 Å². The minimum atomic E-state index is -0.928. The minimum absolute atomic E-state index is 0.00295. The Morgan fingerprint density at radius 3 is 2.91 bits per heavy atom. The van der Waals surface area contributed by atoms with Crippen LogP contribution in [0.1, 0.15) is 29.4 Å². The van der Waals surface area contributed by atoms with Crippen molar-refractivity contribution < 1.29 is 19.4 Å². The van der Waals surface area contributed by atoms with Gasteiger partial charge >= 0.3 is 5.97 Å². The van der Waals surface area contributed by atoms with Crippen LogP contribution in [0.5, 0.6) is 0 Å². The lowest BCUT2D eigenvalue weighted by molar-refractivity contribution is -0.124. The van der Waals surface area contributed by atoms with Crippen LogP contribution in [0, 0.1) is 5.92 Å². The number of benzene rings is 1. The first-order chi connectivity index (χ1) is 10.5. The number of hydrogen-bond donors (Lipinski definition) is 2. The summed E-state index contributed by atoms with van der Waals surface area (Å²) in [4.78, 5) is 23.6.